The third kappa shape index (κ3) is 5.57. The highest BCUT2D eigenvalue weighted by atomic mass is 16.5. The van der Waals surface area contributed by atoms with Crippen molar-refractivity contribution in [2.45, 2.75) is 6.92 Å². The maximum Gasteiger partial charge on any atom is 0.325 e. The monoisotopic (exact) mass is 326 g/mol. The Kier molecular flexibility index (Phi) is 6.08. The van der Waals surface area contributed by atoms with E-state index in [-0.39, 0.29) is 12.5 Å². The van der Waals surface area contributed by atoms with Gasteiger partial charge < -0.3 is 15.4 Å². The number of aryl methyl sites for hydroxylation is 1. The molecule has 2 aromatic rings. The molecule has 0 aromatic heterocycles. The van der Waals surface area contributed by atoms with Crippen LogP contribution < -0.4 is 10.6 Å². The van der Waals surface area contributed by atoms with E-state index in [1.54, 1.807) is 42.5 Å². The number of nitrogens with one attached hydrogen (secondary N) is 2. The molecule has 2 amide bonds. The Hall–Kier alpha value is -3.15. The largest absolute Gasteiger partial charge is 0.454 e. The fraction of sp³-hybridized carbons (Fsp3) is 0.167. The van der Waals surface area contributed by atoms with Gasteiger partial charge in [-0.1, -0.05) is 35.9 Å². The normalized spacial score (nSPS) is 9.88. The molecule has 2 aromatic carbocycles. The highest BCUT2D eigenvalue weighted by molar-refractivity contribution is 5.96. The van der Waals surface area contributed by atoms with Gasteiger partial charge in [-0.3, -0.25) is 14.4 Å². The number of carbonyl (C=O) groups excluding carboxylic acids is 3. The smallest absolute Gasteiger partial charge is 0.325 e. The second kappa shape index (κ2) is 8.47. The second-order valence-corrected chi connectivity index (χ2v) is 5.12. The van der Waals surface area contributed by atoms with Gasteiger partial charge in [0.25, 0.3) is 11.8 Å². The molecule has 0 saturated heterocycles. The van der Waals surface area contributed by atoms with Crippen molar-refractivity contribution in [2.75, 3.05) is 18.5 Å². The summed E-state index contributed by atoms with van der Waals surface area (Å²) in [6.45, 7) is 1.23. The van der Waals surface area contributed by atoms with E-state index in [1.165, 1.54) is 0 Å². The van der Waals surface area contributed by atoms with Gasteiger partial charge in [0.05, 0.1) is 0 Å². The lowest BCUT2D eigenvalue weighted by atomic mass is 10.2. The number of benzene rings is 2. The molecule has 0 spiro atoms. The Bertz CT molecular complexity index is 712. The van der Waals surface area contributed by atoms with Crippen LogP contribution >= 0.6 is 0 Å². The third-order valence-electron chi connectivity index (χ3n) is 3.13. The minimum Gasteiger partial charge on any atom is -0.454 e. The van der Waals surface area contributed by atoms with Gasteiger partial charge in [0, 0.05) is 11.3 Å². The standard InChI is InChI=1S/C18H18N2O4/c1-13-7-9-15(10-8-13)20-16(21)12-24-17(22)11-19-18(23)14-5-3-2-4-6-14/h2-10H,11-12H2,1H3,(H,19,23)(H,20,21). The van der Waals surface area contributed by atoms with Crippen molar-refractivity contribution in [3.8, 4) is 0 Å². The zero-order chi connectivity index (χ0) is 17.4. The second-order valence-electron chi connectivity index (χ2n) is 5.12. The summed E-state index contributed by atoms with van der Waals surface area (Å²) in [5.74, 6) is -1.50. The SMILES string of the molecule is Cc1ccc(NC(=O)COC(=O)CNC(=O)c2ccccc2)cc1. The van der Waals surface area contributed by atoms with Crippen LogP contribution in [0.15, 0.2) is 54.6 Å². The van der Waals surface area contributed by atoms with Crippen molar-refractivity contribution in [3.05, 3.63) is 65.7 Å². The first-order valence-electron chi connectivity index (χ1n) is 7.40. The van der Waals surface area contributed by atoms with Crippen molar-refractivity contribution < 1.29 is 19.1 Å². The van der Waals surface area contributed by atoms with Crippen molar-refractivity contribution in [2.24, 2.45) is 0 Å². The maximum absolute atomic E-state index is 11.8. The maximum atomic E-state index is 11.8. The van der Waals surface area contributed by atoms with Crippen LogP contribution in [-0.2, 0) is 14.3 Å². The summed E-state index contributed by atoms with van der Waals surface area (Å²) >= 11 is 0. The molecule has 2 N–H and O–H groups in total. The minimum atomic E-state index is -0.682. The van der Waals surface area contributed by atoms with Crippen LogP contribution in [-0.4, -0.2) is 30.9 Å². The molecule has 0 radical (unpaired) electrons. The molecule has 0 fully saturated rings. The predicted molar refractivity (Wildman–Crippen MR) is 89.5 cm³/mol. The average Bonchev–Trinajstić information content (AvgIpc) is 2.60. The van der Waals surface area contributed by atoms with Gasteiger partial charge in [-0.2, -0.15) is 0 Å². The van der Waals surface area contributed by atoms with Crippen LogP contribution in [0, 0.1) is 6.92 Å². The van der Waals surface area contributed by atoms with Gasteiger partial charge >= 0.3 is 5.97 Å². The number of esters is 1. The van der Waals surface area contributed by atoms with Gasteiger partial charge in [0.1, 0.15) is 6.54 Å². The molecular formula is C18H18N2O4. The summed E-state index contributed by atoms with van der Waals surface area (Å²) in [4.78, 5) is 35.0. The molecule has 6 heteroatoms. The Morgan fingerprint density at radius 2 is 1.62 bits per heavy atom. The molecular weight excluding hydrogens is 308 g/mol. The number of hydrogen-bond acceptors (Lipinski definition) is 4. The quantitative estimate of drug-likeness (QED) is 0.794. The van der Waals surface area contributed by atoms with Gasteiger partial charge in [-0.05, 0) is 31.2 Å². The lowest BCUT2D eigenvalue weighted by Gasteiger charge is -2.08. The molecule has 0 heterocycles. The van der Waals surface area contributed by atoms with Gasteiger partial charge in [0.15, 0.2) is 6.61 Å². The van der Waals surface area contributed by atoms with Crippen molar-refractivity contribution in [1.82, 2.24) is 5.32 Å². The number of rotatable bonds is 6. The van der Waals surface area contributed by atoms with E-state index in [2.05, 4.69) is 10.6 Å². The fourth-order valence-electron chi connectivity index (χ4n) is 1.88. The van der Waals surface area contributed by atoms with Gasteiger partial charge in [-0.15, -0.1) is 0 Å². The van der Waals surface area contributed by atoms with Crippen LogP contribution in [0.4, 0.5) is 5.69 Å². The highest BCUT2D eigenvalue weighted by Gasteiger charge is 2.10. The Labute approximate surface area is 139 Å². The van der Waals surface area contributed by atoms with Gasteiger partial charge in [-0.25, -0.2) is 0 Å². The van der Waals surface area contributed by atoms with E-state index in [0.717, 1.165) is 5.56 Å². The average molecular weight is 326 g/mol. The molecule has 0 saturated carbocycles. The van der Waals surface area contributed by atoms with Crippen molar-refractivity contribution >= 4 is 23.5 Å². The summed E-state index contributed by atoms with van der Waals surface area (Å²) in [7, 11) is 0. The van der Waals surface area contributed by atoms with E-state index in [9.17, 15) is 14.4 Å². The lowest BCUT2D eigenvalue weighted by Crippen LogP contribution is -2.32. The van der Waals surface area contributed by atoms with Crippen LogP contribution in [0.25, 0.3) is 0 Å². The van der Waals surface area contributed by atoms with Crippen molar-refractivity contribution in [3.63, 3.8) is 0 Å². The Morgan fingerprint density at radius 1 is 0.958 bits per heavy atom. The molecule has 124 valence electrons. The van der Waals surface area contributed by atoms with Crippen molar-refractivity contribution in [1.29, 1.82) is 0 Å². The van der Waals surface area contributed by atoms with E-state index in [0.29, 0.717) is 11.3 Å². The number of hydrogen-bond donors (Lipinski definition) is 2. The lowest BCUT2D eigenvalue weighted by molar-refractivity contribution is -0.146. The molecule has 0 unspecified atom stereocenters. The van der Waals surface area contributed by atoms with Crippen LogP contribution in [0.5, 0.6) is 0 Å². The fourth-order valence-corrected chi connectivity index (χ4v) is 1.88. The molecule has 2 rings (SSSR count). The minimum absolute atomic E-state index is 0.300. The first-order chi connectivity index (χ1) is 11.5. The summed E-state index contributed by atoms with van der Waals surface area (Å²) in [5.41, 5.74) is 2.15. The molecule has 0 aliphatic heterocycles. The van der Waals surface area contributed by atoms with E-state index >= 15 is 0 Å². The topological polar surface area (TPSA) is 84.5 Å². The first kappa shape index (κ1) is 17.2. The van der Waals surface area contributed by atoms with Crippen LogP contribution in [0.3, 0.4) is 0 Å². The summed E-state index contributed by atoms with van der Waals surface area (Å²) in [5, 5.41) is 5.04. The van der Waals surface area contributed by atoms with Crippen LogP contribution in [0.2, 0.25) is 0 Å². The molecule has 0 atom stereocenters. The third-order valence-corrected chi connectivity index (χ3v) is 3.13. The number of carbonyl (C=O) groups is 3. The predicted octanol–water partition coefficient (Wildman–Crippen LogP) is 1.91. The summed E-state index contributed by atoms with van der Waals surface area (Å²) < 4.78 is 4.82. The van der Waals surface area contributed by atoms with E-state index < -0.39 is 18.5 Å². The Balaban J connectivity index is 1.70. The summed E-state index contributed by atoms with van der Waals surface area (Å²) in [6.07, 6.45) is 0. The molecule has 0 bridgehead atoms. The molecule has 24 heavy (non-hydrogen) atoms. The number of anilines is 1. The zero-order valence-electron chi connectivity index (χ0n) is 13.2. The highest BCUT2D eigenvalue weighted by Crippen LogP contribution is 2.08. The van der Waals surface area contributed by atoms with E-state index in [1.807, 2.05) is 19.1 Å². The van der Waals surface area contributed by atoms with Gasteiger partial charge in [0.2, 0.25) is 0 Å². The van der Waals surface area contributed by atoms with Crippen LogP contribution in [0.1, 0.15) is 15.9 Å². The molecule has 0 aliphatic rings. The number of amides is 2. The van der Waals surface area contributed by atoms with E-state index in [4.69, 9.17) is 4.74 Å². The molecule has 6 nitrogen and oxygen atoms in total. The first-order valence-corrected chi connectivity index (χ1v) is 7.40. The summed E-state index contributed by atoms with van der Waals surface area (Å²) in [6, 6.07) is 15.8. The molecule has 0 aliphatic carbocycles. The number of ether oxygens (including phenoxy) is 1. The Morgan fingerprint density at radius 3 is 2.29 bits per heavy atom. The zero-order valence-corrected chi connectivity index (χ0v) is 13.2.